The minimum absolute atomic E-state index is 0.120. The van der Waals surface area contributed by atoms with Crippen LogP contribution in [0.4, 0.5) is 5.69 Å². The van der Waals surface area contributed by atoms with Crippen molar-refractivity contribution >= 4 is 27.3 Å². The molecule has 4 nitrogen and oxygen atoms in total. The molecule has 0 saturated carbocycles. The molecule has 0 N–H and O–H groups in total. The van der Waals surface area contributed by atoms with Gasteiger partial charge in [-0.05, 0) is 36.2 Å². The van der Waals surface area contributed by atoms with Gasteiger partial charge in [0, 0.05) is 6.20 Å². The van der Waals surface area contributed by atoms with Crippen molar-refractivity contribution in [1.29, 1.82) is 0 Å². The smallest absolute Gasteiger partial charge is 0.262 e. The number of anilines is 1. The number of rotatable bonds is 5. The third kappa shape index (κ3) is 3.83. The lowest BCUT2D eigenvalue weighted by Crippen LogP contribution is -2.30. The van der Waals surface area contributed by atoms with Crippen molar-refractivity contribution in [2.75, 3.05) is 4.31 Å². The predicted molar refractivity (Wildman–Crippen MR) is 100 cm³/mol. The van der Waals surface area contributed by atoms with Crippen molar-refractivity contribution in [2.24, 2.45) is 0 Å². The monoisotopic (exact) mass is 372 g/mol. The number of halogens is 1. The highest BCUT2D eigenvalue weighted by Crippen LogP contribution is 2.27. The third-order valence-electron chi connectivity index (χ3n) is 3.79. The zero-order chi connectivity index (χ0) is 17.9. The van der Waals surface area contributed by atoms with Crippen LogP contribution < -0.4 is 4.31 Å². The molecule has 25 heavy (non-hydrogen) atoms. The Bertz CT molecular complexity index is 961. The largest absolute Gasteiger partial charge is 0.266 e. The Morgan fingerprint density at radius 1 is 1.00 bits per heavy atom. The molecule has 0 fully saturated rings. The van der Waals surface area contributed by atoms with Crippen molar-refractivity contribution in [1.82, 2.24) is 4.98 Å². The van der Waals surface area contributed by atoms with Gasteiger partial charge in [0.25, 0.3) is 10.0 Å². The number of benzene rings is 2. The molecule has 2 aromatic carbocycles. The normalized spacial score (nSPS) is 11.3. The third-order valence-corrected chi connectivity index (χ3v) is 5.93. The lowest BCUT2D eigenvalue weighted by Gasteiger charge is -2.24. The molecular formula is C19H17ClN2O2S. The molecule has 0 radical (unpaired) electrons. The van der Waals surface area contributed by atoms with Crippen LogP contribution in [0, 0.1) is 6.92 Å². The fourth-order valence-corrected chi connectivity index (χ4v) is 4.05. The van der Waals surface area contributed by atoms with Crippen LogP contribution in [-0.2, 0) is 16.6 Å². The van der Waals surface area contributed by atoms with Crippen molar-refractivity contribution in [3.05, 3.63) is 89.2 Å². The van der Waals surface area contributed by atoms with Gasteiger partial charge < -0.3 is 0 Å². The van der Waals surface area contributed by atoms with E-state index in [1.54, 1.807) is 25.1 Å². The fourth-order valence-electron chi connectivity index (χ4n) is 2.46. The van der Waals surface area contributed by atoms with Gasteiger partial charge >= 0.3 is 0 Å². The summed E-state index contributed by atoms with van der Waals surface area (Å²) in [4.78, 5) is 4.11. The van der Waals surface area contributed by atoms with E-state index in [2.05, 4.69) is 4.98 Å². The van der Waals surface area contributed by atoms with Crippen molar-refractivity contribution in [2.45, 2.75) is 18.4 Å². The first-order chi connectivity index (χ1) is 12.0. The molecule has 3 rings (SSSR count). The summed E-state index contributed by atoms with van der Waals surface area (Å²) in [5.74, 6) is 0. The Hall–Kier alpha value is -2.37. The van der Waals surface area contributed by atoms with Gasteiger partial charge in [0.05, 0.1) is 12.2 Å². The molecule has 0 aliphatic rings. The minimum Gasteiger partial charge on any atom is -0.262 e. The zero-order valence-corrected chi connectivity index (χ0v) is 15.2. The van der Waals surface area contributed by atoms with Crippen molar-refractivity contribution in [3.8, 4) is 0 Å². The van der Waals surface area contributed by atoms with Crippen LogP contribution in [0.3, 0.4) is 0 Å². The van der Waals surface area contributed by atoms with Crippen LogP contribution in [0.15, 0.2) is 77.8 Å². The van der Waals surface area contributed by atoms with Crippen molar-refractivity contribution in [3.63, 3.8) is 0 Å². The lowest BCUT2D eigenvalue weighted by atomic mass is 10.2. The summed E-state index contributed by atoms with van der Waals surface area (Å²) in [5, 5.41) is 0.299. The molecule has 0 aliphatic carbocycles. The molecule has 3 aromatic rings. The van der Waals surface area contributed by atoms with Crippen molar-refractivity contribution < 1.29 is 8.42 Å². The van der Waals surface area contributed by atoms with E-state index in [9.17, 15) is 8.42 Å². The van der Waals surface area contributed by atoms with E-state index in [0.29, 0.717) is 16.4 Å². The van der Waals surface area contributed by atoms with Crippen LogP contribution in [0.1, 0.15) is 11.1 Å². The van der Waals surface area contributed by atoms with E-state index in [1.165, 1.54) is 10.5 Å². The number of sulfonamides is 1. The average molecular weight is 373 g/mol. The van der Waals surface area contributed by atoms with Crippen LogP contribution in [0.2, 0.25) is 5.15 Å². The number of para-hydroxylation sites is 1. The lowest BCUT2D eigenvalue weighted by molar-refractivity contribution is 0.590. The molecule has 0 unspecified atom stereocenters. The summed E-state index contributed by atoms with van der Waals surface area (Å²) < 4.78 is 27.9. The van der Waals surface area contributed by atoms with Gasteiger partial charge in [-0.15, -0.1) is 0 Å². The van der Waals surface area contributed by atoms with Crippen LogP contribution in [-0.4, -0.2) is 13.4 Å². The molecule has 0 spiro atoms. The molecule has 1 aromatic heterocycles. The first-order valence-corrected chi connectivity index (χ1v) is 9.54. The quantitative estimate of drug-likeness (QED) is 0.622. The highest BCUT2D eigenvalue weighted by Gasteiger charge is 2.26. The minimum atomic E-state index is -3.78. The number of pyridine rings is 1. The molecule has 0 amide bonds. The molecule has 1 heterocycles. The highest BCUT2D eigenvalue weighted by molar-refractivity contribution is 7.92. The van der Waals surface area contributed by atoms with Gasteiger partial charge in [0.15, 0.2) is 0 Å². The average Bonchev–Trinajstić information content (AvgIpc) is 2.63. The summed E-state index contributed by atoms with van der Waals surface area (Å²) in [6.07, 6.45) is 1.30. The van der Waals surface area contributed by atoms with E-state index in [-0.39, 0.29) is 11.4 Å². The highest BCUT2D eigenvalue weighted by atomic mass is 35.5. The van der Waals surface area contributed by atoms with E-state index >= 15 is 0 Å². The first kappa shape index (κ1) is 17.5. The Kier molecular flexibility index (Phi) is 5.06. The van der Waals surface area contributed by atoms with E-state index in [1.807, 2.05) is 48.5 Å². The van der Waals surface area contributed by atoms with E-state index in [0.717, 1.165) is 5.56 Å². The fraction of sp³-hybridized carbons (Fsp3) is 0.105. The second-order valence-electron chi connectivity index (χ2n) is 5.61. The predicted octanol–water partition coefficient (Wildman–Crippen LogP) is 4.44. The SMILES string of the molecule is Cc1cc(S(=O)(=O)N(Cc2ccccc2)c2ccccc2)cnc1Cl. The molecule has 0 aliphatic heterocycles. The Labute approximate surface area is 152 Å². The molecule has 128 valence electrons. The summed E-state index contributed by atoms with van der Waals surface area (Å²) in [5.41, 5.74) is 2.11. The summed E-state index contributed by atoms with van der Waals surface area (Å²) in [7, 11) is -3.78. The number of hydrogen-bond donors (Lipinski definition) is 0. The standard InChI is InChI=1S/C19H17ClN2O2S/c1-15-12-18(13-21-19(15)20)25(23,24)22(17-10-6-3-7-11-17)14-16-8-4-2-5-9-16/h2-13H,14H2,1H3. The second kappa shape index (κ2) is 7.25. The van der Waals surface area contributed by atoms with Crippen LogP contribution >= 0.6 is 11.6 Å². The maximum atomic E-state index is 13.2. The van der Waals surface area contributed by atoms with Gasteiger partial charge in [-0.3, -0.25) is 4.31 Å². The van der Waals surface area contributed by atoms with E-state index < -0.39 is 10.0 Å². The van der Waals surface area contributed by atoms with Crippen LogP contribution in [0.5, 0.6) is 0 Å². The maximum absolute atomic E-state index is 13.2. The van der Waals surface area contributed by atoms with E-state index in [4.69, 9.17) is 11.6 Å². The van der Waals surface area contributed by atoms with Gasteiger partial charge in [-0.1, -0.05) is 60.1 Å². The molecule has 0 saturated heterocycles. The van der Waals surface area contributed by atoms with Gasteiger partial charge in [0.1, 0.15) is 10.0 Å². The number of nitrogens with zero attached hydrogens (tertiary/aromatic N) is 2. The first-order valence-electron chi connectivity index (χ1n) is 7.72. The Morgan fingerprint density at radius 3 is 2.20 bits per heavy atom. The maximum Gasteiger partial charge on any atom is 0.266 e. The summed E-state index contributed by atoms with van der Waals surface area (Å²) in [6.45, 7) is 1.97. The Balaban J connectivity index is 2.08. The topological polar surface area (TPSA) is 50.3 Å². The van der Waals surface area contributed by atoms with Crippen LogP contribution in [0.25, 0.3) is 0 Å². The molecular weight excluding hydrogens is 356 g/mol. The molecule has 0 bridgehead atoms. The van der Waals surface area contributed by atoms with Gasteiger partial charge in [-0.25, -0.2) is 13.4 Å². The van der Waals surface area contributed by atoms with Gasteiger partial charge in [0.2, 0.25) is 0 Å². The number of aromatic nitrogens is 1. The molecule has 0 atom stereocenters. The number of hydrogen-bond acceptors (Lipinski definition) is 3. The number of aryl methyl sites for hydroxylation is 1. The molecule has 6 heteroatoms. The second-order valence-corrected chi connectivity index (χ2v) is 7.83. The Morgan fingerprint density at radius 2 is 1.60 bits per heavy atom. The summed E-state index contributed by atoms with van der Waals surface area (Å²) in [6, 6.07) is 20.1. The summed E-state index contributed by atoms with van der Waals surface area (Å²) >= 11 is 5.94. The zero-order valence-electron chi connectivity index (χ0n) is 13.6. The van der Waals surface area contributed by atoms with Gasteiger partial charge in [-0.2, -0.15) is 0 Å².